The molecule has 0 aromatic carbocycles. The third-order valence-electron chi connectivity index (χ3n) is 0.755. The van der Waals surface area contributed by atoms with Crippen LogP contribution in [0.25, 0.3) is 0 Å². The van der Waals surface area contributed by atoms with E-state index in [0.29, 0.717) is 14.7 Å². The van der Waals surface area contributed by atoms with Crippen molar-refractivity contribution >= 4 is 14.7 Å². The van der Waals surface area contributed by atoms with E-state index in [-0.39, 0.29) is 0 Å². The van der Waals surface area contributed by atoms with Crippen molar-refractivity contribution in [3.05, 3.63) is 10.6 Å². The summed E-state index contributed by atoms with van der Waals surface area (Å²) < 4.78 is 5.23. The van der Waals surface area contributed by atoms with Crippen LogP contribution < -0.4 is 0 Å². The quantitative estimate of drug-likeness (QED) is 0.546. The first-order valence-corrected chi connectivity index (χ1v) is 3.82. The summed E-state index contributed by atoms with van der Waals surface area (Å²) in [5, 5.41) is 3.73. The van der Waals surface area contributed by atoms with Gasteiger partial charge in [-0.05, 0) is 0 Å². The Bertz CT molecular complexity index is 124. The summed E-state index contributed by atoms with van der Waals surface area (Å²) in [5.74, 6) is 0. The van der Waals surface area contributed by atoms with Crippen LogP contribution in [0.3, 0.4) is 0 Å². The van der Waals surface area contributed by atoms with Gasteiger partial charge in [0.2, 0.25) is 0 Å². The SMILES string of the molecule is CCc1cnn[se]1. The van der Waals surface area contributed by atoms with Crippen LogP contribution in [0.1, 0.15) is 11.4 Å². The molecule has 2 nitrogen and oxygen atoms in total. The fourth-order valence-electron chi connectivity index (χ4n) is 0.343. The molecule has 0 saturated carbocycles. The van der Waals surface area contributed by atoms with Gasteiger partial charge in [0, 0.05) is 0 Å². The Balaban J connectivity index is 2.76. The third kappa shape index (κ3) is 1.11. The van der Waals surface area contributed by atoms with E-state index in [4.69, 9.17) is 0 Å². The normalized spacial score (nSPS) is 9.29. The molecular formula is C4H6N2Se. The Kier molecular flexibility index (Phi) is 1.60. The second kappa shape index (κ2) is 2.24. The molecule has 1 aromatic rings. The summed E-state index contributed by atoms with van der Waals surface area (Å²) in [6.45, 7) is 2.13. The molecule has 0 aliphatic carbocycles. The molecule has 38 valence electrons. The Hall–Kier alpha value is -0.141. The molecule has 0 spiro atoms. The summed E-state index contributed by atoms with van der Waals surface area (Å²) >= 11 is 0.356. The summed E-state index contributed by atoms with van der Waals surface area (Å²) in [6.07, 6.45) is 2.98. The van der Waals surface area contributed by atoms with Crippen LogP contribution in [0.4, 0.5) is 0 Å². The average molecular weight is 161 g/mol. The van der Waals surface area contributed by atoms with Gasteiger partial charge in [-0.2, -0.15) is 0 Å². The van der Waals surface area contributed by atoms with Gasteiger partial charge < -0.3 is 0 Å². The van der Waals surface area contributed by atoms with E-state index >= 15 is 0 Å². The number of nitrogens with zero attached hydrogens (tertiary/aromatic N) is 2. The number of aryl methyl sites for hydroxylation is 1. The van der Waals surface area contributed by atoms with Crippen molar-refractivity contribution in [2.45, 2.75) is 13.3 Å². The van der Waals surface area contributed by atoms with E-state index in [0.717, 1.165) is 6.42 Å². The van der Waals surface area contributed by atoms with Gasteiger partial charge >= 0.3 is 47.9 Å². The van der Waals surface area contributed by atoms with Crippen LogP contribution in [-0.2, 0) is 6.42 Å². The molecule has 1 aromatic heterocycles. The van der Waals surface area contributed by atoms with E-state index in [1.807, 2.05) is 6.20 Å². The fraction of sp³-hybridized carbons (Fsp3) is 0.500. The second-order valence-corrected chi connectivity index (χ2v) is 3.06. The molecule has 0 saturated heterocycles. The molecule has 0 N–H and O–H groups in total. The monoisotopic (exact) mass is 162 g/mol. The van der Waals surface area contributed by atoms with E-state index in [1.54, 1.807) is 0 Å². The predicted molar refractivity (Wildman–Crippen MR) is 28.3 cm³/mol. The van der Waals surface area contributed by atoms with Gasteiger partial charge in [-0.25, -0.2) is 0 Å². The number of hydrogen-bond acceptors (Lipinski definition) is 2. The molecule has 0 amide bonds. The Morgan fingerprint density at radius 3 is 3.00 bits per heavy atom. The summed E-state index contributed by atoms with van der Waals surface area (Å²) in [4.78, 5) is 0. The minimum atomic E-state index is 0.356. The fourth-order valence-corrected chi connectivity index (χ4v) is 1.23. The van der Waals surface area contributed by atoms with Gasteiger partial charge in [0.1, 0.15) is 0 Å². The van der Waals surface area contributed by atoms with E-state index in [2.05, 4.69) is 16.1 Å². The first-order chi connectivity index (χ1) is 3.43. The van der Waals surface area contributed by atoms with Gasteiger partial charge in [-0.1, -0.05) is 0 Å². The first kappa shape index (κ1) is 5.01. The molecular weight excluding hydrogens is 155 g/mol. The standard InChI is InChI=1S/C4H6N2Se/c1-2-4-3-5-6-7-4/h3H,2H2,1H3. The number of aromatic nitrogens is 2. The molecule has 0 aliphatic heterocycles. The summed E-state index contributed by atoms with van der Waals surface area (Å²) in [5.41, 5.74) is 0. The van der Waals surface area contributed by atoms with Crippen molar-refractivity contribution in [2.75, 3.05) is 0 Å². The molecule has 1 rings (SSSR count). The minimum absolute atomic E-state index is 0.356. The maximum atomic E-state index is 3.83. The van der Waals surface area contributed by atoms with Gasteiger partial charge in [0.05, 0.1) is 0 Å². The molecule has 0 atom stereocenters. The topological polar surface area (TPSA) is 25.8 Å². The molecule has 0 aliphatic rings. The van der Waals surface area contributed by atoms with Crippen LogP contribution in [0.5, 0.6) is 0 Å². The summed E-state index contributed by atoms with van der Waals surface area (Å²) in [7, 11) is 0. The Labute approximate surface area is 48.5 Å². The van der Waals surface area contributed by atoms with Crippen molar-refractivity contribution < 1.29 is 0 Å². The van der Waals surface area contributed by atoms with Gasteiger partial charge in [0.25, 0.3) is 0 Å². The third-order valence-corrected chi connectivity index (χ3v) is 2.44. The maximum absolute atomic E-state index is 3.83. The van der Waals surface area contributed by atoms with Gasteiger partial charge in [0.15, 0.2) is 0 Å². The van der Waals surface area contributed by atoms with Crippen LogP contribution in [0.2, 0.25) is 0 Å². The van der Waals surface area contributed by atoms with Crippen molar-refractivity contribution in [3.63, 3.8) is 0 Å². The number of rotatable bonds is 1. The zero-order valence-electron chi connectivity index (χ0n) is 4.09. The molecule has 0 unspecified atom stereocenters. The van der Waals surface area contributed by atoms with Crippen LogP contribution >= 0.6 is 0 Å². The van der Waals surface area contributed by atoms with Crippen molar-refractivity contribution in [3.8, 4) is 0 Å². The molecule has 0 fully saturated rings. The molecule has 7 heavy (non-hydrogen) atoms. The number of hydrogen-bond donors (Lipinski definition) is 0. The van der Waals surface area contributed by atoms with E-state index in [9.17, 15) is 0 Å². The van der Waals surface area contributed by atoms with Crippen molar-refractivity contribution in [1.29, 1.82) is 0 Å². The van der Waals surface area contributed by atoms with Gasteiger partial charge in [-0.15, -0.1) is 0 Å². The first-order valence-electron chi connectivity index (χ1n) is 2.19. The summed E-state index contributed by atoms with van der Waals surface area (Å²) in [6, 6.07) is 0. The van der Waals surface area contributed by atoms with Crippen LogP contribution in [-0.4, -0.2) is 23.9 Å². The Morgan fingerprint density at radius 2 is 2.71 bits per heavy atom. The van der Waals surface area contributed by atoms with E-state index < -0.39 is 0 Å². The van der Waals surface area contributed by atoms with Crippen molar-refractivity contribution in [2.24, 2.45) is 0 Å². The van der Waals surface area contributed by atoms with Crippen LogP contribution in [0, 0.1) is 0 Å². The zero-order valence-corrected chi connectivity index (χ0v) is 5.80. The van der Waals surface area contributed by atoms with E-state index in [1.165, 1.54) is 4.44 Å². The molecule has 3 heteroatoms. The average Bonchev–Trinajstić information content (AvgIpc) is 2.14. The predicted octanol–water partition coefficient (Wildman–Crippen LogP) is 0.0960. The molecule has 0 bridgehead atoms. The Morgan fingerprint density at radius 1 is 1.86 bits per heavy atom. The van der Waals surface area contributed by atoms with Crippen molar-refractivity contribution in [1.82, 2.24) is 9.19 Å². The van der Waals surface area contributed by atoms with Gasteiger partial charge in [-0.3, -0.25) is 0 Å². The molecule has 1 heterocycles. The molecule has 0 radical (unpaired) electrons. The zero-order chi connectivity index (χ0) is 5.11. The second-order valence-electron chi connectivity index (χ2n) is 1.24. The van der Waals surface area contributed by atoms with Crippen LogP contribution in [0.15, 0.2) is 6.20 Å².